The molecule has 3 N–H and O–H groups in total. The summed E-state index contributed by atoms with van der Waals surface area (Å²) in [6.07, 6.45) is 0.262. The van der Waals surface area contributed by atoms with Gasteiger partial charge in [0.25, 0.3) is 5.91 Å². The fraction of sp³-hybridized carbons (Fsp3) is 0.273. The van der Waals surface area contributed by atoms with Gasteiger partial charge >= 0.3 is 5.97 Å². The average molecular weight is 255 g/mol. The predicted octanol–water partition coefficient (Wildman–Crippen LogP) is 0.584. The summed E-state index contributed by atoms with van der Waals surface area (Å²) >= 11 is 1.42. The minimum absolute atomic E-state index is 0.309. The highest BCUT2D eigenvalue weighted by Crippen LogP contribution is 2.19. The molecule has 0 fully saturated rings. The minimum atomic E-state index is -1.58. The van der Waals surface area contributed by atoms with Crippen LogP contribution in [0, 0.1) is 0 Å². The number of rotatable bonds is 5. The van der Waals surface area contributed by atoms with Crippen LogP contribution < -0.4 is 5.32 Å². The Morgan fingerprint density at radius 2 is 2.06 bits per heavy atom. The lowest BCUT2D eigenvalue weighted by Crippen LogP contribution is -2.36. The van der Waals surface area contributed by atoms with Crippen LogP contribution in [0.3, 0.4) is 0 Å². The second-order valence-electron chi connectivity index (χ2n) is 3.26. The number of benzene rings is 1. The number of carboxylic acids is 1. The number of nitrogens with one attached hydrogen (secondary N) is 1. The Hall–Kier alpha value is -1.53. The first-order valence-electron chi connectivity index (χ1n) is 4.88. The van der Waals surface area contributed by atoms with Gasteiger partial charge in [0.2, 0.25) is 0 Å². The standard InChI is InChI=1S/C11H13NO4S/c1-17-9-5-3-2-4-7(9)10(14)12-6-8(13)11(15)16/h2-5,8,13H,6H2,1H3,(H,12,14)(H,15,16)/t8-/m0/s1. The smallest absolute Gasteiger partial charge is 0.334 e. The van der Waals surface area contributed by atoms with Gasteiger partial charge in [0.05, 0.1) is 12.1 Å². The molecule has 1 aromatic carbocycles. The molecular weight excluding hydrogens is 242 g/mol. The molecule has 0 heterocycles. The van der Waals surface area contributed by atoms with E-state index in [0.717, 1.165) is 4.90 Å². The van der Waals surface area contributed by atoms with E-state index in [4.69, 9.17) is 10.2 Å². The van der Waals surface area contributed by atoms with Crippen molar-refractivity contribution < 1.29 is 19.8 Å². The third-order valence-electron chi connectivity index (χ3n) is 2.09. The van der Waals surface area contributed by atoms with Crippen LogP contribution in [0.1, 0.15) is 10.4 Å². The molecule has 0 spiro atoms. The maximum atomic E-state index is 11.7. The second kappa shape index (κ2) is 6.27. The zero-order chi connectivity index (χ0) is 12.8. The Kier molecular flexibility index (Phi) is 4.99. The number of carbonyl (C=O) groups excluding carboxylic acids is 1. The van der Waals surface area contributed by atoms with Gasteiger partial charge in [-0.15, -0.1) is 11.8 Å². The Morgan fingerprint density at radius 1 is 1.41 bits per heavy atom. The van der Waals surface area contributed by atoms with Crippen molar-refractivity contribution in [1.82, 2.24) is 5.32 Å². The largest absolute Gasteiger partial charge is 0.479 e. The number of hydrogen-bond acceptors (Lipinski definition) is 4. The Bertz CT molecular complexity index is 422. The molecule has 17 heavy (non-hydrogen) atoms. The first-order chi connectivity index (χ1) is 8.06. The van der Waals surface area contributed by atoms with Gasteiger partial charge in [0, 0.05) is 4.90 Å². The molecule has 0 aliphatic carbocycles. The van der Waals surface area contributed by atoms with E-state index in [9.17, 15) is 9.59 Å². The van der Waals surface area contributed by atoms with Gasteiger partial charge in [0.15, 0.2) is 6.10 Å². The van der Waals surface area contributed by atoms with Crippen LogP contribution >= 0.6 is 11.8 Å². The summed E-state index contributed by atoms with van der Waals surface area (Å²) in [7, 11) is 0. The fourth-order valence-electron chi connectivity index (χ4n) is 1.20. The zero-order valence-electron chi connectivity index (χ0n) is 9.21. The summed E-state index contributed by atoms with van der Waals surface area (Å²) in [5, 5.41) is 19.9. The molecule has 6 heteroatoms. The van der Waals surface area contributed by atoms with Crippen molar-refractivity contribution in [2.24, 2.45) is 0 Å². The third kappa shape index (κ3) is 3.76. The number of amides is 1. The molecule has 0 saturated carbocycles. The number of carboxylic acid groups (broad SMARTS) is 1. The summed E-state index contributed by atoms with van der Waals surface area (Å²) in [5.74, 6) is -1.75. The van der Waals surface area contributed by atoms with E-state index in [1.54, 1.807) is 18.2 Å². The highest BCUT2D eigenvalue weighted by molar-refractivity contribution is 7.98. The van der Waals surface area contributed by atoms with E-state index in [2.05, 4.69) is 5.32 Å². The minimum Gasteiger partial charge on any atom is -0.479 e. The van der Waals surface area contributed by atoms with Gasteiger partial charge in [0.1, 0.15) is 0 Å². The lowest BCUT2D eigenvalue weighted by Gasteiger charge is -2.09. The van der Waals surface area contributed by atoms with E-state index in [1.807, 2.05) is 12.3 Å². The molecule has 5 nitrogen and oxygen atoms in total. The number of aliphatic hydroxyl groups is 1. The van der Waals surface area contributed by atoms with Crippen LogP contribution in [-0.4, -0.2) is 41.0 Å². The van der Waals surface area contributed by atoms with Gasteiger partial charge in [-0.05, 0) is 18.4 Å². The molecule has 1 amide bonds. The molecule has 0 bridgehead atoms. The molecule has 0 unspecified atom stereocenters. The van der Waals surface area contributed by atoms with E-state index < -0.39 is 18.0 Å². The quantitative estimate of drug-likeness (QED) is 0.670. The summed E-state index contributed by atoms with van der Waals surface area (Å²) in [4.78, 5) is 22.9. The Labute approximate surface area is 103 Å². The van der Waals surface area contributed by atoms with Crippen molar-refractivity contribution >= 4 is 23.6 Å². The molecular formula is C11H13NO4S. The zero-order valence-corrected chi connectivity index (χ0v) is 10.0. The van der Waals surface area contributed by atoms with Gasteiger partial charge in [-0.2, -0.15) is 0 Å². The van der Waals surface area contributed by atoms with Crippen molar-refractivity contribution in [3.8, 4) is 0 Å². The van der Waals surface area contributed by atoms with Crippen molar-refractivity contribution in [1.29, 1.82) is 0 Å². The molecule has 1 aromatic rings. The Balaban J connectivity index is 2.67. The maximum Gasteiger partial charge on any atom is 0.334 e. The van der Waals surface area contributed by atoms with Crippen LogP contribution in [0.5, 0.6) is 0 Å². The van der Waals surface area contributed by atoms with E-state index in [-0.39, 0.29) is 6.54 Å². The third-order valence-corrected chi connectivity index (χ3v) is 2.89. The van der Waals surface area contributed by atoms with Gasteiger partial charge in [-0.3, -0.25) is 4.79 Å². The molecule has 0 aromatic heterocycles. The lowest BCUT2D eigenvalue weighted by atomic mass is 10.2. The van der Waals surface area contributed by atoms with Gasteiger partial charge in [-0.1, -0.05) is 12.1 Å². The highest BCUT2D eigenvalue weighted by Gasteiger charge is 2.16. The lowest BCUT2D eigenvalue weighted by molar-refractivity contribution is -0.146. The first kappa shape index (κ1) is 13.5. The molecule has 1 atom stereocenters. The van der Waals surface area contributed by atoms with E-state index >= 15 is 0 Å². The topological polar surface area (TPSA) is 86.6 Å². The SMILES string of the molecule is CSc1ccccc1C(=O)NC[C@H](O)C(=O)O. The van der Waals surface area contributed by atoms with Crippen molar-refractivity contribution in [2.75, 3.05) is 12.8 Å². The number of carbonyl (C=O) groups is 2. The van der Waals surface area contributed by atoms with Crippen LogP contribution in [0.25, 0.3) is 0 Å². The van der Waals surface area contributed by atoms with Crippen LogP contribution in [-0.2, 0) is 4.79 Å². The number of hydrogen-bond donors (Lipinski definition) is 3. The molecule has 0 aliphatic heterocycles. The average Bonchev–Trinajstić information content (AvgIpc) is 2.35. The molecule has 1 rings (SSSR count). The number of aliphatic hydroxyl groups excluding tert-OH is 1. The summed E-state index contributed by atoms with van der Waals surface area (Å²) in [6.45, 7) is -0.309. The molecule has 0 saturated heterocycles. The van der Waals surface area contributed by atoms with Crippen LogP contribution in [0.4, 0.5) is 0 Å². The van der Waals surface area contributed by atoms with Crippen molar-refractivity contribution in [2.45, 2.75) is 11.0 Å². The van der Waals surface area contributed by atoms with E-state index in [1.165, 1.54) is 11.8 Å². The fourth-order valence-corrected chi connectivity index (χ4v) is 1.80. The molecule has 92 valence electrons. The molecule has 0 radical (unpaired) electrons. The van der Waals surface area contributed by atoms with Crippen molar-refractivity contribution in [3.05, 3.63) is 29.8 Å². The normalized spacial score (nSPS) is 11.9. The second-order valence-corrected chi connectivity index (χ2v) is 4.11. The highest BCUT2D eigenvalue weighted by atomic mass is 32.2. The van der Waals surface area contributed by atoms with Crippen LogP contribution in [0.2, 0.25) is 0 Å². The monoisotopic (exact) mass is 255 g/mol. The maximum absolute atomic E-state index is 11.7. The van der Waals surface area contributed by atoms with Gasteiger partial charge < -0.3 is 15.5 Å². The van der Waals surface area contributed by atoms with Gasteiger partial charge in [-0.25, -0.2) is 4.79 Å². The molecule has 0 aliphatic rings. The summed E-state index contributed by atoms with van der Waals surface area (Å²) < 4.78 is 0. The van der Waals surface area contributed by atoms with E-state index in [0.29, 0.717) is 5.56 Å². The summed E-state index contributed by atoms with van der Waals surface area (Å²) in [5.41, 5.74) is 0.470. The van der Waals surface area contributed by atoms with Crippen LogP contribution in [0.15, 0.2) is 29.2 Å². The first-order valence-corrected chi connectivity index (χ1v) is 6.10. The summed E-state index contributed by atoms with van der Waals surface area (Å²) in [6, 6.07) is 6.98. The number of thioether (sulfide) groups is 1. The Morgan fingerprint density at radius 3 is 2.65 bits per heavy atom. The predicted molar refractivity (Wildman–Crippen MR) is 64.2 cm³/mol. The number of aliphatic carboxylic acids is 1. The van der Waals surface area contributed by atoms with Crippen molar-refractivity contribution in [3.63, 3.8) is 0 Å².